The van der Waals surface area contributed by atoms with Crippen molar-refractivity contribution in [3.05, 3.63) is 23.8 Å². The van der Waals surface area contributed by atoms with Gasteiger partial charge in [0.1, 0.15) is 5.75 Å². The fraction of sp³-hybridized carbons (Fsp3) is 0.600. The van der Waals surface area contributed by atoms with Crippen LogP contribution in [0.25, 0.3) is 0 Å². The third-order valence-corrected chi connectivity index (χ3v) is 4.61. The molecule has 0 atom stereocenters. The topological polar surface area (TPSA) is 38.7 Å². The molecule has 1 aromatic carbocycles. The lowest BCUT2D eigenvalue weighted by atomic mass is 9.78. The van der Waals surface area contributed by atoms with Crippen LogP contribution in [0.15, 0.2) is 18.2 Å². The predicted octanol–water partition coefficient (Wildman–Crippen LogP) is 2.57. The molecule has 1 N–H and O–H groups in total. The molecule has 4 heteroatoms. The van der Waals surface area contributed by atoms with Crippen LogP contribution in [-0.4, -0.2) is 23.4 Å². The van der Waals surface area contributed by atoms with E-state index in [1.807, 2.05) is 39.8 Å². The van der Waals surface area contributed by atoms with Gasteiger partial charge >= 0.3 is 7.12 Å². The largest absolute Gasteiger partial charge is 0.508 e. The molecule has 1 aromatic rings. The second-order valence-electron chi connectivity index (χ2n) is 6.68. The first-order valence-electron chi connectivity index (χ1n) is 6.99. The van der Waals surface area contributed by atoms with Crippen LogP contribution in [0.5, 0.6) is 5.75 Å². The molecule has 0 amide bonds. The average molecular weight is 260 g/mol. The monoisotopic (exact) mass is 260 g/mol. The third-order valence-electron chi connectivity index (χ3n) is 4.61. The quantitative estimate of drug-likeness (QED) is 0.830. The molecule has 19 heavy (non-hydrogen) atoms. The Balaban J connectivity index is 1.87. The zero-order chi connectivity index (χ0) is 13.8. The van der Waals surface area contributed by atoms with Gasteiger partial charge in [-0.3, -0.25) is 0 Å². The number of benzene rings is 1. The molecule has 0 aromatic heterocycles. The van der Waals surface area contributed by atoms with Gasteiger partial charge < -0.3 is 14.4 Å². The van der Waals surface area contributed by atoms with Gasteiger partial charge in [-0.2, -0.15) is 0 Å². The molecule has 0 radical (unpaired) electrons. The van der Waals surface area contributed by atoms with Crippen molar-refractivity contribution in [1.82, 2.24) is 0 Å². The molecule has 1 heterocycles. The number of phenols is 1. The highest BCUT2D eigenvalue weighted by atomic mass is 16.7. The van der Waals surface area contributed by atoms with Gasteiger partial charge in [0.2, 0.25) is 0 Å². The lowest BCUT2D eigenvalue weighted by Gasteiger charge is -2.32. The highest BCUT2D eigenvalue weighted by Gasteiger charge is 2.52. The maximum absolute atomic E-state index is 10.2. The van der Waals surface area contributed by atoms with Gasteiger partial charge in [-0.25, -0.2) is 0 Å². The Bertz CT molecular complexity index is 490. The van der Waals surface area contributed by atoms with E-state index in [4.69, 9.17) is 9.31 Å². The molecule has 0 spiro atoms. The average Bonchev–Trinajstić information content (AvgIpc) is 3.07. The minimum Gasteiger partial charge on any atom is -0.508 e. The highest BCUT2D eigenvalue weighted by molar-refractivity contribution is 6.63. The standard InChI is InChI=1S/C15H21BO3/c1-14(2)15(3,4)19-16(18-14)12-8-7-11(9-13(12)17)10-5-6-10/h7-10,17H,5-6H2,1-4H3. The summed E-state index contributed by atoms with van der Waals surface area (Å²) in [7, 11) is -0.488. The first kappa shape index (κ1) is 13.0. The van der Waals surface area contributed by atoms with Crippen molar-refractivity contribution in [2.24, 2.45) is 0 Å². The van der Waals surface area contributed by atoms with Crippen LogP contribution in [-0.2, 0) is 9.31 Å². The molecule has 0 bridgehead atoms. The lowest BCUT2D eigenvalue weighted by Crippen LogP contribution is -2.41. The fourth-order valence-electron chi connectivity index (χ4n) is 2.40. The van der Waals surface area contributed by atoms with Crippen molar-refractivity contribution in [3.8, 4) is 5.75 Å². The molecule has 2 aliphatic rings. The minimum absolute atomic E-state index is 0.280. The van der Waals surface area contributed by atoms with Gasteiger partial charge in [0.25, 0.3) is 0 Å². The number of hydrogen-bond acceptors (Lipinski definition) is 3. The second-order valence-corrected chi connectivity index (χ2v) is 6.68. The Hall–Kier alpha value is -0.995. The molecular weight excluding hydrogens is 239 g/mol. The van der Waals surface area contributed by atoms with Crippen LogP contribution in [0.4, 0.5) is 0 Å². The highest BCUT2D eigenvalue weighted by Crippen LogP contribution is 2.41. The summed E-state index contributed by atoms with van der Waals surface area (Å²) in [6.45, 7) is 8.07. The van der Waals surface area contributed by atoms with E-state index in [0.717, 1.165) is 5.46 Å². The van der Waals surface area contributed by atoms with Crippen molar-refractivity contribution in [2.75, 3.05) is 0 Å². The van der Waals surface area contributed by atoms with Crippen LogP contribution in [0.2, 0.25) is 0 Å². The van der Waals surface area contributed by atoms with Gasteiger partial charge in [-0.1, -0.05) is 12.1 Å². The third kappa shape index (κ3) is 2.17. The zero-order valence-electron chi connectivity index (χ0n) is 12.1. The molecule has 102 valence electrons. The summed E-state index contributed by atoms with van der Waals surface area (Å²) in [6, 6.07) is 5.88. The second kappa shape index (κ2) is 4.00. The van der Waals surface area contributed by atoms with E-state index in [-0.39, 0.29) is 17.0 Å². The minimum atomic E-state index is -0.488. The SMILES string of the molecule is CC1(C)OB(c2ccc(C3CC3)cc2O)OC1(C)C. The molecule has 1 aliphatic carbocycles. The summed E-state index contributed by atoms with van der Waals surface area (Å²) >= 11 is 0. The number of aromatic hydroxyl groups is 1. The molecule has 1 saturated heterocycles. The lowest BCUT2D eigenvalue weighted by molar-refractivity contribution is 0.00578. The Labute approximate surface area is 115 Å². The molecule has 1 aliphatic heterocycles. The maximum atomic E-state index is 10.2. The molecule has 2 fully saturated rings. The summed E-state index contributed by atoms with van der Waals surface area (Å²) in [4.78, 5) is 0. The van der Waals surface area contributed by atoms with Gasteiger partial charge in [0.15, 0.2) is 0 Å². The molecule has 1 saturated carbocycles. The van der Waals surface area contributed by atoms with E-state index in [9.17, 15) is 5.11 Å². The van der Waals surface area contributed by atoms with Crippen LogP contribution in [0.3, 0.4) is 0 Å². The van der Waals surface area contributed by atoms with Crippen LogP contribution in [0, 0.1) is 0 Å². The molecular formula is C15H21BO3. The number of phenolic OH excluding ortho intramolecular Hbond substituents is 1. The summed E-state index contributed by atoms with van der Waals surface area (Å²) in [6.07, 6.45) is 2.46. The maximum Gasteiger partial charge on any atom is 0.498 e. The number of rotatable bonds is 2. The van der Waals surface area contributed by atoms with Gasteiger partial charge in [-0.15, -0.1) is 0 Å². The van der Waals surface area contributed by atoms with Crippen molar-refractivity contribution in [3.63, 3.8) is 0 Å². The van der Waals surface area contributed by atoms with E-state index >= 15 is 0 Å². The summed E-state index contributed by atoms with van der Waals surface area (Å²) in [5.41, 5.74) is 1.19. The van der Waals surface area contributed by atoms with E-state index in [0.29, 0.717) is 5.92 Å². The van der Waals surface area contributed by atoms with E-state index in [1.165, 1.54) is 18.4 Å². The van der Waals surface area contributed by atoms with E-state index in [1.54, 1.807) is 0 Å². The van der Waals surface area contributed by atoms with Crippen LogP contribution in [0.1, 0.15) is 52.0 Å². The van der Waals surface area contributed by atoms with Crippen molar-refractivity contribution < 1.29 is 14.4 Å². The van der Waals surface area contributed by atoms with Gasteiger partial charge in [0.05, 0.1) is 11.2 Å². The van der Waals surface area contributed by atoms with Gasteiger partial charge in [-0.05, 0) is 58.1 Å². The van der Waals surface area contributed by atoms with Gasteiger partial charge in [0, 0.05) is 5.46 Å². The summed E-state index contributed by atoms with van der Waals surface area (Å²) in [5, 5.41) is 10.2. The molecule has 0 unspecified atom stereocenters. The van der Waals surface area contributed by atoms with Crippen molar-refractivity contribution in [2.45, 2.75) is 57.7 Å². The van der Waals surface area contributed by atoms with Crippen LogP contribution < -0.4 is 5.46 Å². The Morgan fingerprint density at radius 3 is 2.16 bits per heavy atom. The summed E-state index contributed by atoms with van der Waals surface area (Å²) in [5.74, 6) is 0.918. The fourth-order valence-corrected chi connectivity index (χ4v) is 2.40. The predicted molar refractivity (Wildman–Crippen MR) is 75.8 cm³/mol. The van der Waals surface area contributed by atoms with Crippen molar-refractivity contribution in [1.29, 1.82) is 0 Å². The Kier molecular flexibility index (Phi) is 2.74. The first-order chi connectivity index (χ1) is 8.80. The molecule has 3 rings (SSSR count). The normalized spacial score (nSPS) is 24.7. The van der Waals surface area contributed by atoms with Crippen molar-refractivity contribution >= 4 is 12.6 Å². The number of hydrogen-bond donors (Lipinski definition) is 1. The van der Waals surface area contributed by atoms with Crippen LogP contribution >= 0.6 is 0 Å². The van der Waals surface area contributed by atoms with E-state index < -0.39 is 7.12 Å². The Morgan fingerprint density at radius 2 is 1.68 bits per heavy atom. The first-order valence-corrected chi connectivity index (χ1v) is 6.99. The smallest absolute Gasteiger partial charge is 0.498 e. The summed E-state index contributed by atoms with van der Waals surface area (Å²) < 4.78 is 11.9. The van der Waals surface area contributed by atoms with E-state index in [2.05, 4.69) is 6.07 Å². The molecule has 3 nitrogen and oxygen atoms in total. The zero-order valence-corrected chi connectivity index (χ0v) is 12.1. The Morgan fingerprint density at radius 1 is 1.11 bits per heavy atom.